The van der Waals surface area contributed by atoms with Gasteiger partial charge in [-0.25, -0.2) is 9.97 Å². The summed E-state index contributed by atoms with van der Waals surface area (Å²) in [7, 11) is 0. The zero-order valence-corrected chi connectivity index (χ0v) is 14.4. The molecule has 0 saturated carbocycles. The first-order chi connectivity index (χ1) is 11.7. The number of nitrogens with zero attached hydrogens (tertiary/aromatic N) is 4. The number of carbonyl (C=O) groups excluding carboxylic acids is 1. The summed E-state index contributed by atoms with van der Waals surface area (Å²) in [5.74, 6) is 1.38. The smallest absolute Gasteiger partial charge is 0.240 e. The number of carbonyl (C=O) groups is 1. The van der Waals surface area contributed by atoms with E-state index in [9.17, 15) is 4.79 Å². The first kappa shape index (κ1) is 15.7. The Kier molecular flexibility index (Phi) is 4.30. The van der Waals surface area contributed by atoms with Gasteiger partial charge in [0, 0.05) is 18.0 Å². The fourth-order valence-electron chi connectivity index (χ4n) is 3.11. The summed E-state index contributed by atoms with van der Waals surface area (Å²) < 4.78 is 5.72. The predicted octanol–water partition coefficient (Wildman–Crippen LogP) is 1.07. The topological polar surface area (TPSA) is 96.0 Å². The molecule has 0 spiro atoms. The van der Waals surface area contributed by atoms with E-state index < -0.39 is 0 Å². The third kappa shape index (κ3) is 3.33. The van der Waals surface area contributed by atoms with Crippen molar-refractivity contribution in [3.63, 3.8) is 0 Å². The lowest BCUT2D eigenvalue weighted by atomic mass is 10.2. The normalized spacial score (nSPS) is 21.0. The molecule has 1 aliphatic heterocycles. The highest BCUT2D eigenvalue weighted by Gasteiger charge is 2.26. The fourth-order valence-corrected chi connectivity index (χ4v) is 4.18. The molecule has 2 aromatic heterocycles. The van der Waals surface area contributed by atoms with Gasteiger partial charge in [0.1, 0.15) is 11.9 Å². The highest BCUT2D eigenvalue weighted by atomic mass is 32.1. The molecule has 24 heavy (non-hydrogen) atoms. The molecule has 3 heterocycles. The van der Waals surface area contributed by atoms with Gasteiger partial charge in [0.05, 0.1) is 18.8 Å². The van der Waals surface area contributed by atoms with Crippen LogP contribution in [0.5, 0.6) is 0 Å². The van der Waals surface area contributed by atoms with Gasteiger partial charge in [-0.2, -0.15) is 5.10 Å². The number of amides is 1. The molecule has 1 atom stereocenters. The molecule has 8 nitrogen and oxygen atoms in total. The number of aromatic nitrogens is 4. The van der Waals surface area contributed by atoms with E-state index in [-0.39, 0.29) is 12.0 Å². The molecule has 1 aliphatic carbocycles. The molecule has 1 unspecified atom stereocenters. The zero-order valence-electron chi connectivity index (χ0n) is 13.5. The number of nitrogens with one attached hydrogen (secondary N) is 2. The Labute approximate surface area is 143 Å². The van der Waals surface area contributed by atoms with Crippen molar-refractivity contribution in [2.75, 3.05) is 31.6 Å². The first-order valence-corrected chi connectivity index (χ1v) is 9.00. The summed E-state index contributed by atoms with van der Waals surface area (Å²) in [6.07, 6.45) is 3.10. The van der Waals surface area contributed by atoms with Gasteiger partial charge >= 0.3 is 0 Å². The van der Waals surface area contributed by atoms with Crippen molar-refractivity contribution < 1.29 is 9.53 Å². The highest BCUT2D eigenvalue weighted by molar-refractivity contribution is 7.15. The molecular weight excluding hydrogens is 328 g/mol. The molecule has 1 fully saturated rings. The molecule has 2 aliphatic rings. The van der Waals surface area contributed by atoms with E-state index in [0.717, 1.165) is 36.0 Å². The lowest BCUT2D eigenvalue weighted by Gasteiger charge is -2.30. The number of ether oxygens (including phenoxy) is 1. The Morgan fingerprint density at radius 3 is 3.17 bits per heavy atom. The van der Waals surface area contributed by atoms with E-state index in [0.29, 0.717) is 25.5 Å². The van der Waals surface area contributed by atoms with Gasteiger partial charge in [0.15, 0.2) is 11.0 Å². The van der Waals surface area contributed by atoms with Crippen LogP contribution < -0.4 is 5.32 Å². The average molecular weight is 348 g/mol. The number of anilines is 1. The Hall–Kier alpha value is -1.84. The van der Waals surface area contributed by atoms with Gasteiger partial charge in [-0.05, 0) is 26.2 Å². The van der Waals surface area contributed by atoms with Crippen molar-refractivity contribution in [1.29, 1.82) is 0 Å². The average Bonchev–Trinajstić information content (AvgIpc) is 3.23. The van der Waals surface area contributed by atoms with Crippen LogP contribution in [0.1, 0.15) is 34.7 Å². The van der Waals surface area contributed by atoms with Crippen LogP contribution in [0.3, 0.4) is 0 Å². The second kappa shape index (κ2) is 6.58. The molecule has 0 radical (unpaired) electrons. The van der Waals surface area contributed by atoms with E-state index >= 15 is 0 Å². The minimum atomic E-state index is -0.194. The van der Waals surface area contributed by atoms with Gasteiger partial charge < -0.3 is 10.1 Å². The molecule has 2 N–H and O–H groups in total. The second-order valence-electron chi connectivity index (χ2n) is 6.16. The molecular formula is C15H20N6O2S. The third-order valence-electron chi connectivity index (χ3n) is 4.26. The third-order valence-corrected chi connectivity index (χ3v) is 5.34. The molecule has 0 aromatic carbocycles. The summed E-state index contributed by atoms with van der Waals surface area (Å²) in [6.45, 7) is 4.08. The fraction of sp³-hybridized carbons (Fsp3) is 0.600. The predicted molar refractivity (Wildman–Crippen MR) is 89.0 cm³/mol. The van der Waals surface area contributed by atoms with Crippen LogP contribution in [0, 0.1) is 6.92 Å². The van der Waals surface area contributed by atoms with Crippen molar-refractivity contribution in [3.05, 3.63) is 22.2 Å². The van der Waals surface area contributed by atoms with Crippen LogP contribution in [-0.2, 0) is 22.4 Å². The summed E-state index contributed by atoms with van der Waals surface area (Å²) in [4.78, 5) is 24.5. The lowest BCUT2D eigenvalue weighted by molar-refractivity contribution is -0.119. The number of hydrogen-bond acceptors (Lipinski definition) is 7. The van der Waals surface area contributed by atoms with Crippen molar-refractivity contribution >= 4 is 22.4 Å². The SMILES string of the molecule is Cc1nc(C2CN(CC(=O)Nc3nc4c(s3)CCC4)CCO2)n[nH]1. The molecule has 4 rings (SSSR count). The van der Waals surface area contributed by atoms with E-state index in [1.807, 2.05) is 6.92 Å². The van der Waals surface area contributed by atoms with Gasteiger partial charge in [-0.1, -0.05) is 0 Å². The number of H-pyrrole nitrogens is 1. The monoisotopic (exact) mass is 348 g/mol. The van der Waals surface area contributed by atoms with E-state index in [2.05, 4.69) is 30.4 Å². The Morgan fingerprint density at radius 1 is 1.46 bits per heavy atom. The minimum absolute atomic E-state index is 0.0331. The number of thiazole rings is 1. The molecule has 2 aromatic rings. The maximum Gasteiger partial charge on any atom is 0.240 e. The number of rotatable bonds is 4. The first-order valence-electron chi connectivity index (χ1n) is 8.18. The van der Waals surface area contributed by atoms with Gasteiger partial charge in [-0.15, -0.1) is 11.3 Å². The number of aromatic amines is 1. The minimum Gasteiger partial charge on any atom is -0.367 e. The van der Waals surface area contributed by atoms with Crippen LogP contribution in [-0.4, -0.2) is 57.2 Å². The zero-order chi connectivity index (χ0) is 16.5. The second-order valence-corrected chi connectivity index (χ2v) is 7.25. The van der Waals surface area contributed by atoms with E-state index in [1.54, 1.807) is 11.3 Å². The van der Waals surface area contributed by atoms with Gasteiger partial charge in [0.25, 0.3) is 0 Å². The van der Waals surface area contributed by atoms with Crippen LogP contribution in [0.25, 0.3) is 0 Å². The summed E-state index contributed by atoms with van der Waals surface area (Å²) in [6, 6.07) is 0. The molecule has 1 saturated heterocycles. The van der Waals surface area contributed by atoms with Crippen LogP contribution >= 0.6 is 11.3 Å². The Morgan fingerprint density at radius 2 is 2.38 bits per heavy atom. The number of fused-ring (bicyclic) bond motifs is 1. The lowest BCUT2D eigenvalue weighted by Crippen LogP contribution is -2.42. The van der Waals surface area contributed by atoms with Crippen molar-refractivity contribution in [2.24, 2.45) is 0 Å². The molecule has 128 valence electrons. The summed E-state index contributed by atoms with van der Waals surface area (Å²) >= 11 is 1.60. The standard InChI is InChI=1S/C15H20N6O2S/c1-9-16-14(20-19-9)11-7-21(5-6-23-11)8-13(22)18-15-17-10-3-2-4-12(10)24-15/h11H,2-8H2,1H3,(H,16,19,20)(H,17,18,22). The van der Waals surface area contributed by atoms with Crippen molar-refractivity contribution in [1.82, 2.24) is 25.1 Å². The van der Waals surface area contributed by atoms with Crippen molar-refractivity contribution in [2.45, 2.75) is 32.3 Å². The van der Waals surface area contributed by atoms with Gasteiger partial charge in [-0.3, -0.25) is 14.8 Å². The molecule has 1 amide bonds. The summed E-state index contributed by atoms with van der Waals surface area (Å²) in [5.41, 5.74) is 1.15. The van der Waals surface area contributed by atoms with Gasteiger partial charge in [0.2, 0.25) is 5.91 Å². The van der Waals surface area contributed by atoms with E-state index in [1.165, 1.54) is 11.3 Å². The van der Waals surface area contributed by atoms with Crippen LogP contribution in [0.15, 0.2) is 0 Å². The largest absolute Gasteiger partial charge is 0.367 e. The molecule has 0 bridgehead atoms. The maximum atomic E-state index is 12.3. The number of hydrogen-bond donors (Lipinski definition) is 2. The van der Waals surface area contributed by atoms with Crippen molar-refractivity contribution in [3.8, 4) is 0 Å². The van der Waals surface area contributed by atoms with Crippen LogP contribution in [0.4, 0.5) is 5.13 Å². The maximum absolute atomic E-state index is 12.3. The van der Waals surface area contributed by atoms with E-state index in [4.69, 9.17) is 4.74 Å². The van der Waals surface area contributed by atoms with Crippen LogP contribution in [0.2, 0.25) is 0 Å². The Bertz CT molecular complexity index is 721. The Balaban J connectivity index is 1.33. The molecule has 9 heteroatoms. The number of aryl methyl sites for hydroxylation is 3. The quantitative estimate of drug-likeness (QED) is 0.858. The summed E-state index contributed by atoms with van der Waals surface area (Å²) in [5, 5.41) is 10.6. The highest BCUT2D eigenvalue weighted by Crippen LogP contribution is 2.30. The number of morpholine rings is 1.